The number of anilines is 1. The summed E-state index contributed by atoms with van der Waals surface area (Å²) in [5, 5.41) is 3.22. The third-order valence-electron chi connectivity index (χ3n) is 7.12. The minimum Gasteiger partial charge on any atom is -0.451 e. The van der Waals surface area contributed by atoms with E-state index in [1.54, 1.807) is 12.1 Å². The van der Waals surface area contributed by atoms with Gasteiger partial charge in [-0.3, -0.25) is 4.79 Å². The highest BCUT2D eigenvalue weighted by Gasteiger charge is 2.48. The molecular formula is C25H27FN2O3. The third kappa shape index (κ3) is 3.68. The van der Waals surface area contributed by atoms with Crippen molar-refractivity contribution in [2.75, 3.05) is 18.0 Å². The number of rotatable bonds is 3. The number of piperidine rings is 1. The Bertz CT molecular complexity index is 992. The van der Waals surface area contributed by atoms with E-state index in [1.165, 1.54) is 6.07 Å². The highest BCUT2D eigenvalue weighted by atomic mass is 19.1. The lowest BCUT2D eigenvalue weighted by atomic mass is 9.74. The monoisotopic (exact) mass is 422 g/mol. The number of carbonyl (C=O) groups excluding carboxylic acids is 2. The number of nitrogens with one attached hydrogen (secondary N) is 1. The van der Waals surface area contributed by atoms with Gasteiger partial charge in [0.15, 0.2) is 0 Å². The van der Waals surface area contributed by atoms with Gasteiger partial charge in [0.2, 0.25) is 5.91 Å². The molecule has 0 aromatic heterocycles. The van der Waals surface area contributed by atoms with Gasteiger partial charge in [0.05, 0.1) is 11.3 Å². The number of hydrogen-bond acceptors (Lipinski definition) is 4. The minimum atomic E-state index is -0.560. The lowest BCUT2D eigenvalue weighted by molar-refractivity contribution is -0.128. The molecule has 0 radical (unpaired) electrons. The quantitative estimate of drug-likeness (QED) is 0.755. The lowest BCUT2D eigenvalue weighted by Gasteiger charge is -2.37. The molecule has 5 rings (SSSR count). The van der Waals surface area contributed by atoms with Crippen LogP contribution in [0.25, 0.3) is 0 Å². The zero-order valence-electron chi connectivity index (χ0n) is 17.5. The molecule has 0 bridgehead atoms. The number of para-hydroxylation sites is 1. The maximum atomic E-state index is 14.0. The predicted molar refractivity (Wildman–Crippen MR) is 115 cm³/mol. The maximum absolute atomic E-state index is 14.0. The van der Waals surface area contributed by atoms with Crippen molar-refractivity contribution in [3.63, 3.8) is 0 Å². The summed E-state index contributed by atoms with van der Waals surface area (Å²) in [5.41, 5.74) is 1.71. The van der Waals surface area contributed by atoms with Crippen molar-refractivity contribution in [1.82, 2.24) is 5.32 Å². The summed E-state index contributed by atoms with van der Waals surface area (Å²) in [5.74, 6) is -0.408. The number of amides is 1. The molecule has 1 N–H and O–H groups in total. The van der Waals surface area contributed by atoms with Gasteiger partial charge in [0.25, 0.3) is 0 Å². The highest BCUT2D eigenvalue weighted by molar-refractivity contribution is 5.94. The van der Waals surface area contributed by atoms with Gasteiger partial charge in [-0.05, 0) is 56.7 Å². The van der Waals surface area contributed by atoms with Crippen LogP contribution in [0.3, 0.4) is 0 Å². The molecule has 5 nitrogen and oxygen atoms in total. The first kappa shape index (κ1) is 20.0. The summed E-state index contributed by atoms with van der Waals surface area (Å²) in [6, 6.07) is 14.6. The molecule has 1 amide bonds. The van der Waals surface area contributed by atoms with Crippen LogP contribution in [0.5, 0.6) is 0 Å². The van der Waals surface area contributed by atoms with Crippen molar-refractivity contribution in [2.24, 2.45) is 5.92 Å². The third-order valence-corrected chi connectivity index (χ3v) is 7.12. The highest BCUT2D eigenvalue weighted by Crippen LogP contribution is 2.48. The Hall–Kier alpha value is -2.89. The average molecular weight is 423 g/mol. The predicted octanol–water partition coefficient (Wildman–Crippen LogP) is 4.17. The van der Waals surface area contributed by atoms with Crippen molar-refractivity contribution >= 4 is 17.6 Å². The molecule has 2 aromatic carbocycles. The van der Waals surface area contributed by atoms with E-state index in [0.29, 0.717) is 36.9 Å². The Kier molecular flexibility index (Phi) is 5.16. The molecule has 1 saturated heterocycles. The fraction of sp³-hybridized carbons (Fsp3) is 0.440. The summed E-state index contributed by atoms with van der Waals surface area (Å²) in [4.78, 5) is 27.2. The van der Waals surface area contributed by atoms with Gasteiger partial charge < -0.3 is 15.0 Å². The SMILES string of the molecule is O=C1OC2(CCC(C(=O)NC3CCN(c4ccccc4F)CC3)CC2)c2ccccc21. The molecule has 1 spiro atoms. The van der Waals surface area contributed by atoms with Gasteiger partial charge in [-0.25, -0.2) is 9.18 Å². The van der Waals surface area contributed by atoms with Crippen LogP contribution < -0.4 is 10.2 Å². The fourth-order valence-electron chi connectivity index (χ4n) is 5.36. The molecule has 0 unspecified atom stereocenters. The summed E-state index contributed by atoms with van der Waals surface area (Å²) in [7, 11) is 0. The van der Waals surface area contributed by atoms with Crippen LogP contribution in [-0.2, 0) is 15.1 Å². The Morgan fingerprint density at radius 1 is 1.00 bits per heavy atom. The number of hydrogen-bond donors (Lipinski definition) is 1. The molecule has 2 aromatic rings. The van der Waals surface area contributed by atoms with Crippen LogP contribution in [0.2, 0.25) is 0 Å². The summed E-state index contributed by atoms with van der Waals surface area (Å²) >= 11 is 0. The Morgan fingerprint density at radius 3 is 2.42 bits per heavy atom. The number of fused-ring (bicyclic) bond motifs is 2. The van der Waals surface area contributed by atoms with Crippen LogP contribution in [0.4, 0.5) is 10.1 Å². The van der Waals surface area contributed by atoms with Crippen molar-refractivity contribution in [2.45, 2.75) is 50.2 Å². The number of halogens is 1. The molecule has 3 aliphatic rings. The molecule has 2 aliphatic heterocycles. The largest absolute Gasteiger partial charge is 0.451 e. The normalized spacial score (nSPS) is 25.9. The van der Waals surface area contributed by atoms with Crippen LogP contribution in [0.1, 0.15) is 54.4 Å². The maximum Gasteiger partial charge on any atom is 0.339 e. The second-order valence-electron chi connectivity index (χ2n) is 8.92. The van der Waals surface area contributed by atoms with Crippen molar-refractivity contribution in [3.8, 4) is 0 Å². The molecule has 31 heavy (non-hydrogen) atoms. The van der Waals surface area contributed by atoms with E-state index >= 15 is 0 Å². The average Bonchev–Trinajstić information content (AvgIpc) is 3.07. The van der Waals surface area contributed by atoms with Gasteiger partial charge in [-0.1, -0.05) is 30.3 Å². The van der Waals surface area contributed by atoms with Gasteiger partial charge >= 0.3 is 5.97 Å². The number of nitrogens with zero attached hydrogens (tertiary/aromatic N) is 1. The zero-order chi connectivity index (χ0) is 21.4. The molecule has 162 valence electrons. The van der Waals surface area contributed by atoms with E-state index in [-0.39, 0.29) is 29.7 Å². The van der Waals surface area contributed by atoms with Crippen LogP contribution in [0, 0.1) is 11.7 Å². The van der Waals surface area contributed by atoms with Crippen molar-refractivity contribution in [3.05, 3.63) is 65.5 Å². The first-order valence-corrected chi connectivity index (χ1v) is 11.2. The standard InChI is InChI=1S/C25H27FN2O3/c26-21-7-3-4-8-22(21)28-15-11-18(12-16-28)27-23(29)17-9-13-25(14-10-17)20-6-2-1-5-19(20)24(30)31-25/h1-8,17-18H,9-16H2,(H,27,29). The number of carbonyl (C=O) groups is 2. The van der Waals surface area contributed by atoms with E-state index < -0.39 is 5.60 Å². The first-order chi connectivity index (χ1) is 15.1. The Morgan fingerprint density at radius 2 is 1.68 bits per heavy atom. The summed E-state index contributed by atoms with van der Waals surface area (Å²) in [6.07, 6.45) is 4.39. The van der Waals surface area contributed by atoms with Gasteiger partial charge in [-0.15, -0.1) is 0 Å². The summed E-state index contributed by atoms with van der Waals surface area (Å²) in [6.45, 7) is 1.46. The molecule has 0 atom stereocenters. The van der Waals surface area contributed by atoms with Crippen LogP contribution in [-0.4, -0.2) is 31.0 Å². The van der Waals surface area contributed by atoms with Crippen molar-refractivity contribution in [1.29, 1.82) is 0 Å². The van der Waals surface area contributed by atoms with E-state index in [1.807, 2.05) is 35.2 Å². The zero-order valence-corrected chi connectivity index (χ0v) is 17.5. The number of esters is 1. The van der Waals surface area contributed by atoms with E-state index in [2.05, 4.69) is 5.32 Å². The van der Waals surface area contributed by atoms with E-state index in [0.717, 1.165) is 31.5 Å². The lowest BCUT2D eigenvalue weighted by Crippen LogP contribution is -2.47. The van der Waals surface area contributed by atoms with Gasteiger partial charge in [0, 0.05) is 30.6 Å². The Labute approximate surface area is 181 Å². The van der Waals surface area contributed by atoms with Gasteiger partial charge in [0.1, 0.15) is 11.4 Å². The van der Waals surface area contributed by atoms with E-state index in [9.17, 15) is 14.0 Å². The number of ether oxygens (including phenoxy) is 1. The smallest absolute Gasteiger partial charge is 0.339 e. The Balaban J connectivity index is 1.15. The van der Waals surface area contributed by atoms with Crippen molar-refractivity contribution < 1.29 is 18.7 Å². The first-order valence-electron chi connectivity index (χ1n) is 11.2. The summed E-state index contributed by atoms with van der Waals surface area (Å²) < 4.78 is 19.8. The second kappa shape index (κ2) is 7.98. The molecule has 1 saturated carbocycles. The van der Waals surface area contributed by atoms with Crippen LogP contribution in [0.15, 0.2) is 48.5 Å². The molecule has 2 heterocycles. The number of benzene rings is 2. The van der Waals surface area contributed by atoms with E-state index in [4.69, 9.17) is 4.74 Å². The molecule has 6 heteroatoms. The topological polar surface area (TPSA) is 58.6 Å². The molecule has 1 aliphatic carbocycles. The minimum absolute atomic E-state index is 0.0540. The van der Waals surface area contributed by atoms with Crippen LogP contribution >= 0.6 is 0 Å². The van der Waals surface area contributed by atoms with Gasteiger partial charge in [-0.2, -0.15) is 0 Å². The molecule has 2 fully saturated rings. The molecular weight excluding hydrogens is 395 g/mol. The fourth-order valence-corrected chi connectivity index (χ4v) is 5.36. The second-order valence-corrected chi connectivity index (χ2v) is 8.92.